The van der Waals surface area contributed by atoms with E-state index in [1.165, 1.54) is 5.56 Å². The van der Waals surface area contributed by atoms with Crippen LogP contribution in [-0.2, 0) is 0 Å². The SMILES string of the molecule is COc1ccc(-c2n[nH]c(=S)n2/N=C\c2ccc(C)cc2)cc1. The first-order chi connectivity index (χ1) is 11.2. The van der Waals surface area contributed by atoms with Gasteiger partial charge in [-0.25, -0.2) is 5.10 Å². The number of H-pyrrole nitrogens is 1. The van der Waals surface area contributed by atoms with E-state index in [-0.39, 0.29) is 0 Å². The molecule has 0 spiro atoms. The molecule has 23 heavy (non-hydrogen) atoms. The van der Waals surface area contributed by atoms with E-state index in [1.807, 2.05) is 48.5 Å². The molecule has 116 valence electrons. The summed E-state index contributed by atoms with van der Waals surface area (Å²) >= 11 is 5.26. The van der Waals surface area contributed by atoms with Gasteiger partial charge in [0, 0.05) is 5.56 Å². The number of nitrogens with zero attached hydrogens (tertiary/aromatic N) is 3. The third-order valence-electron chi connectivity index (χ3n) is 3.40. The Hall–Kier alpha value is -2.73. The highest BCUT2D eigenvalue weighted by molar-refractivity contribution is 7.71. The number of rotatable bonds is 4. The summed E-state index contributed by atoms with van der Waals surface area (Å²) in [6.07, 6.45) is 1.76. The molecule has 0 saturated carbocycles. The molecule has 1 N–H and O–H groups in total. The molecule has 0 saturated heterocycles. The van der Waals surface area contributed by atoms with Gasteiger partial charge in [0.2, 0.25) is 4.77 Å². The average molecular weight is 324 g/mol. The first kappa shape index (κ1) is 15.2. The molecule has 0 fully saturated rings. The van der Waals surface area contributed by atoms with Crippen molar-refractivity contribution in [3.05, 3.63) is 64.4 Å². The fourth-order valence-corrected chi connectivity index (χ4v) is 2.28. The Morgan fingerprint density at radius 2 is 1.83 bits per heavy atom. The van der Waals surface area contributed by atoms with E-state index < -0.39 is 0 Å². The molecule has 0 radical (unpaired) electrons. The van der Waals surface area contributed by atoms with Crippen LogP contribution >= 0.6 is 12.2 Å². The number of aryl methyl sites for hydroxylation is 1. The van der Waals surface area contributed by atoms with Crippen LogP contribution in [0.4, 0.5) is 0 Å². The smallest absolute Gasteiger partial charge is 0.216 e. The van der Waals surface area contributed by atoms with Crippen LogP contribution in [0.25, 0.3) is 11.4 Å². The van der Waals surface area contributed by atoms with E-state index in [1.54, 1.807) is 18.0 Å². The maximum absolute atomic E-state index is 5.26. The van der Waals surface area contributed by atoms with Crippen molar-refractivity contribution in [2.24, 2.45) is 5.10 Å². The normalized spacial score (nSPS) is 11.0. The highest BCUT2D eigenvalue weighted by Crippen LogP contribution is 2.20. The van der Waals surface area contributed by atoms with Gasteiger partial charge < -0.3 is 4.74 Å². The number of ether oxygens (including phenoxy) is 1. The lowest BCUT2D eigenvalue weighted by Gasteiger charge is -2.03. The maximum Gasteiger partial charge on any atom is 0.216 e. The summed E-state index contributed by atoms with van der Waals surface area (Å²) in [4.78, 5) is 0. The van der Waals surface area contributed by atoms with Gasteiger partial charge >= 0.3 is 0 Å². The van der Waals surface area contributed by atoms with Crippen molar-refractivity contribution in [3.8, 4) is 17.1 Å². The summed E-state index contributed by atoms with van der Waals surface area (Å²) in [7, 11) is 1.64. The minimum atomic E-state index is 0.444. The summed E-state index contributed by atoms with van der Waals surface area (Å²) in [6, 6.07) is 15.7. The molecular weight excluding hydrogens is 308 g/mol. The second kappa shape index (κ2) is 6.58. The van der Waals surface area contributed by atoms with Crippen molar-refractivity contribution in [1.82, 2.24) is 14.9 Å². The van der Waals surface area contributed by atoms with Crippen molar-refractivity contribution < 1.29 is 4.74 Å². The number of aromatic nitrogens is 3. The van der Waals surface area contributed by atoms with E-state index >= 15 is 0 Å². The average Bonchev–Trinajstić information content (AvgIpc) is 2.95. The van der Waals surface area contributed by atoms with Gasteiger partial charge in [-0.1, -0.05) is 29.8 Å². The van der Waals surface area contributed by atoms with Crippen molar-refractivity contribution in [2.45, 2.75) is 6.92 Å². The Morgan fingerprint density at radius 3 is 2.48 bits per heavy atom. The van der Waals surface area contributed by atoms with Crippen molar-refractivity contribution in [1.29, 1.82) is 0 Å². The molecule has 1 heterocycles. The van der Waals surface area contributed by atoms with Crippen LogP contribution in [0.1, 0.15) is 11.1 Å². The first-order valence-electron chi connectivity index (χ1n) is 7.10. The van der Waals surface area contributed by atoms with Crippen molar-refractivity contribution >= 4 is 18.4 Å². The van der Waals surface area contributed by atoms with Gasteiger partial charge in [0.15, 0.2) is 5.82 Å². The summed E-state index contributed by atoms with van der Waals surface area (Å²) in [5.41, 5.74) is 3.11. The molecule has 6 heteroatoms. The predicted octanol–water partition coefficient (Wildman–Crippen LogP) is 3.81. The number of methoxy groups -OCH3 is 1. The highest BCUT2D eigenvalue weighted by Gasteiger charge is 2.08. The van der Waals surface area contributed by atoms with Crippen LogP contribution in [0, 0.1) is 11.7 Å². The van der Waals surface area contributed by atoms with Crippen LogP contribution in [0.15, 0.2) is 53.6 Å². The quantitative estimate of drug-likeness (QED) is 0.586. The predicted molar refractivity (Wildman–Crippen MR) is 93.6 cm³/mol. The minimum Gasteiger partial charge on any atom is -0.497 e. The zero-order chi connectivity index (χ0) is 16.2. The fraction of sp³-hybridized carbons (Fsp3) is 0.118. The molecule has 2 aromatic carbocycles. The highest BCUT2D eigenvalue weighted by atomic mass is 32.1. The van der Waals surface area contributed by atoms with Crippen LogP contribution in [0.3, 0.4) is 0 Å². The lowest BCUT2D eigenvalue weighted by atomic mass is 10.2. The fourth-order valence-electron chi connectivity index (χ4n) is 2.10. The zero-order valence-corrected chi connectivity index (χ0v) is 13.7. The monoisotopic (exact) mass is 324 g/mol. The lowest BCUT2D eigenvalue weighted by Crippen LogP contribution is -1.95. The molecule has 0 aliphatic rings. The first-order valence-corrected chi connectivity index (χ1v) is 7.51. The molecular formula is C17H16N4OS. The van der Waals surface area contributed by atoms with E-state index in [0.29, 0.717) is 10.6 Å². The van der Waals surface area contributed by atoms with Gasteiger partial charge in [0.1, 0.15) is 5.75 Å². The molecule has 0 atom stereocenters. The molecule has 0 unspecified atom stereocenters. The number of aromatic amines is 1. The van der Waals surface area contributed by atoms with Gasteiger partial charge in [-0.15, -0.1) is 0 Å². The maximum atomic E-state index is 5.26. The minimum absolute atomic E-state index is 0.444. The number of nitrogens with one attached hydrogen (secondary N) is 1. The zero-order valence-electron chi connectivity index (χ0n) is 12.9. The Kier molecular flexibility index (Phi) is 4.34. The second-order valence-electron chi connectivity index (χ2n) is 5.05. The van der Waals surface area contributed by atoms with E-state index in [4.69, 9.17) is 17.0 Å². The molecule has 0 bridgehead atoms. The lowest BCUT2D eigenvalue weighted by molar-refractivity contribution is 0.415. The van der Waals surface area contributed by atoms with Gasteiger partial charge in [-0.3, -0.25) is 0 Å². The standard InChI is InChI=1S/C17H16N4OS/c1-12-3-5-13(6-4-12)11-18-21-16(19-20-17(21)23)14-7-9-15(22-2)10-8-14/h3-11H,1-2H3,(H,20,23)/b18-11-. The summed E-state index contributed by atoms with van der Waals surface area (Å²) in [5.74, 6) is 1.44. The molecule has 0 amide bonds. The molecule has 3 aromatic rings. The number of hydrogen-bond acceptors (Lipinski definition) is 4. The third-order valence-corrected chi connectivity index (χ3v) is 3.66. The van der Waals surface area contributed by atoms with Gasteiger partial charge in [0.25, 0.3) is 0 Å². The largest absolute Gasteiger partial charge is 0.497 e. The molecule has 0 aliphatic heterocycles. The molecule has 5 nitrogen and oxygen atoms in total. The summed E-state index contributed by atoms with van der Waals surface area (Å²) in [6.45, 7) is 2.05. The van der Waals surface area contributed by atoms with Crippen LogP contribution < -0.4 is 4.74 Å². The topological polar surface area (TPSA) is 55.2 Å². The molecule has 3 rings (SSSR count). The molecule has 1 aromatic heterocycles. The van der Waals surface area contributed by atoms with Crippen LogP contribution in [0.5, 0.6) is 5.75 Å². The van der Waals surface area contributed by atoms with Gasteiger partial charge in [-0.05, 0) is 49.0 Å². The van der Waals surface area contributed by atoms with Gasteiger partial charge in [-0.2, -0.15) is 14.9 Å². The van der Waals surface area contributed by atoms with Gasteiger partial charge in [0.05, 0.1) is 13.3 Å². The summed E-state index contributed by atoms with van der Waals surface area (Å²) < 4.78 is 7.22. The third kappa shape index (κ3) is 3.37. The van der Waals surface area contributed by atoms with E-state index in [2.05, 4.69) is 22.2 Å². The van der Waals surface area contributed by atoms with Crippen molar-refractivity contribution in [2.75, 3.05) is 7.11 Å². The van der Waals surface area contributed by atoms with E-state index in [0.717, 1.165) is 16.9 Å². The molecule has 0 aliphatic carbocycles. The van der Waals surface area contributed by atoms with Crippen LogP contribution in [-0.4, -0.2) is 28.2 Å². The Labute approximate surface area is 139 Å². The number of benzene rings is 2. The Morgan fingerprint density at radius 1 is 1.13 bits per heavy atom. The second-order valence-corrected chi connectivity index (χ2v) is 5.43. The Balaban J connectivity index is 1.95. The summed E-state index contributed by atoms with van der Waals surface area (Å²) in [5, 5.41) is 11.5. The number of hydrogen-bond donors (Lipinski definition) is 1. The van der Waals surface area contributed by atoms with Crippen LogP contribution in [0.2, 0.25) is 0 Å². The Bertz CT molecular complexity index is 876. The van der Waals surface area contributed by atoms with E-state index in [9.17, 15) is 0 Å². The van der Waals surface area contributed by atoms with Crippen molar-refractivity contribution in [3.63, 3.8) is 0 Å².